The molecule has 0 radical (unpaired) electrons. The molecule has 0 saturated carbocycles. The molecule has 3 nitrogen and oxygen atoms in total. The molecule has 1 amide bonds. The minimum Gasteiger partial charge on any atom is -0.336 e. The molecule has 1 atom stereocenters. The van der Waals surface area contributed by atoms with E-state index < -0.39 is 0 Å². The van der Waals surface area contributed by atoms with Gasteiger partial charge < -0.3 is 10.2 Å². The highest BCUT2D eigenvalue weighted by Gasteiger charge is 2.30. The Morgan fingerprint density at radius 1 is 1.50 bits per heavy atom. The van der Waals surface area contributed by atoms with Crippen molar-refractivity contribution in [3.63, 3.8) is 0 Å². The largest absolute Gasteiger partial charge is 0.336 e. The van der Waals surface area contributed by atoms with Gasteiger partial charge in [-0.15, -0.1) is 11.3 Å². The van der Waals surface area contributed by atoms with Crippen LogP contribution in [0.3, 0.4) is 0 Å². The van der Waals surface area contributed by atoms with Gasteiger partial charge >= 0.3 is 0 Å². The number of likely N-dealkylation sites (N-methyl/N-ethyl adjacent to an activating group) is 1. The quantitative estimate of drug-likeness (QED) is 0.864. The number of carbonyl (C=O) groups excluding carboxylic acids is 1. The van der Waals surface area contributed by atoms with Crippen LogP contribution >= 0.6 is 11.3 Å². The van der Waals surface area contributed by atoms with Crippen molar-refractivity contribution in [2.24, 2.45) is 0 Å². The molecule has 1 unspecified atom stereocenters. The van der Waals surface area contributed by atoms with E-state index in [1.54, 1.807) is 0 Å². The molecular weight excluding hydrogens is 220 g/mol. The highest BCUT2D eigenvalue weighted by molar-refractivity contribution is 7.11. The van der Waals surface area contributed by atoms with Gasteiger partial charge in [-0.05, 0) is 32.0 Å². The molecule has 1 saturated heterocycles. The Bertz CT molecular complexity index is 375. The molecule has 16 heavy (non-hydrogen) atoms. The van der Waals surface area contributed by atoms with Crippen molar-refractivity contribution in [2.75, 3.05) is 13.6 Å². The van der Waals surface area contributed by atoms with Crippen LogP contribution in [0.1, 0.15) is 23.1 Å². The Kier molecular flexibility index (Phi) is 3.61. The van der Waals surface area contributed by atoms with Crippen LogP contribution in [0.25, 0.3) is 0 Å². The summed E-state index contributed by atoms with van der Waals surface area (Å²) in [6.07, 6.45) is 2.01. The average Bonchev–Trinajstić information content (AvgIpc) is 2.88. The van der Waals surface area contributed by atoms with Gasteiger partial charge in [0.15, 0.2) is 0 Å². The predicted octanol–water partition coefficient (Wildman–Crippen LogP) is 1.63. The van der Waals surface area contributed by atoms with E-state index in [9.17, 15) is 4.79 Å². The summed E-state index contributed by atoms with van der Waals surface area (Å²) in [6, 6.07) is 4.34. The number of aryl methyl sites for hydroxylation is 1. The monoisotopic (exact) mass is 238 g/mol. The number of hydrogen-bond donors (Lipinski definition) is 1. The lowest BCUT2D eigenvalue weighted by molar-refractivity contribution is -0.129. The van der Waals surface area contributed by atoms with Crippen molar-refractivity contribution >= 4 is 17.2 Å². The number of thiophene rings is 1. The third-order valence-corrected chi connectivity index (χ3v) is 4.27. The molecule has 1 fully saturated rings. The molecule has 1 aromatic heterocycles. The van der Waals surface area contributed by atoms with Crippen molar-refractivity contribution in [2.45, 2.75) is 32.4 Å². The van der Waals surface area contributed by atoms with E-state index in [0.29, 0.717) is 0 Å². The van der Waals surface area contributed by atoms with Crippen LogP contribution < -0.4 is 5.32 Å². The Hall–Kier alpha value is -0.870. The maximum atomic E-state index is 11.9. The van der Waals surface area contributed by atoms with E-state index in [2.05, 4.69) is 24.4 Å². The van der Waals surface area contributed by atoms with Crippen LogP contribution in [0.4, 0.5) is 0 Å². The van der Waals surface area contributed by atoms with E-state index in [1.807, 2.05) is 23.3 Å². The van der Waals surface area contributed by atoms with Crippen LogP contribution in [0.15, 0.2) is 12.1 Å². The summed E-state index contributed by atoms with van der Waals surface area (Å²) in [5.74, 6) is 0.244. The molecule has 0 aromatic carbocycles. The third kappa shape index (κ3) is 2.28. The fourth-order valence-corrected chi connectivity index (χ4v) is 3.02. The van der Waals surface area contributed by atoms with Crippen molar-refractivity contribution in [3.05, 3.63) is 21.9 Å². The van der Waals surface area contributed by atoms with Gasteiger partial charge in [0.05, 0.1) is 12.6 Å². The minimum atomic E-state index is 0.0330. The van der Waals surface area contributed by atoms with E-state index in [4.69, 9.17) is 0 Å². The lowest BCUT2D eigenvalue weighted by Crippen LogP contribution is -2.35. The molecule has 2 rings (SSSR count). The second-order valence-electron chi connectivity index (χ2n) is 4.11. The smallest absolute Gasteiger partial charge is 0.240 e. The first-order valence-corrected chi connectivity index (χ1v) is 6.60. The number of carbonyl (C=O) groups is 1. The number of nitrogens with zero attached hydrogens (tertiary/aromatic N) is 1. The lowest BCUT2D eigenvalue weighted by atomic mass is 10.3. The summed E-state index contributed by atoms with van der Waals surface area (Å²) in [4.78, 5) is 16.5. The first kappa shape index (κ1) is 11.6. The number of likely N-dealkylation sites (tertiary alicyclic amines) is 1. The van der Waals surface area contributed by atoms with Crippen LogP contribution in [0.2, 0.25) is 0 Å². The molecule has 88 valence electrons. The summed E-state index contributed by atoms with van der Waals surface area (Å²) in [5, 5.41) is 3.06. The molecule has 1 aliphatic rings. The minimum absolute atomic E-state index is 0.0330. The van der Waals surface area contributed by atoms with E-state index in [-0.39, 0.29) is 11.9 Å². The number of amides is 1. The van der Waals surface area contributed by atoms with Crippen LogP contribution in [-0.4, -0.2) is 30.4 Å². The van der Waals surface area contributed by atoms with Crippen molar-refractivity contribution in [1.82, 2.24) is 10.2 Å². The SMILES string of the molecule is CCc1ccc(CN2CCC(NC)C2=O)s1. The molecule has 4 heteroatoms. The molecule has 1 aromatic rings. The second-order valence-corrected chi connectivity index (χ2v) is 5.36. The van der Waals surface area contributed by atoms with Crippen molar-refractivity contribution < 1.29 is 4.79 Å². The lowest BCUT2D eigenvalue weighted by Gasteiger charge is -2.15. The van der Waals surface area contributed by atoms with Crippen LogP contribution in [0, 0.1) is 0 Å². The van der Waals surface area contributed by atoms with Gasteiger partial charge in [-0.3, -0.25) is 4.79 Å². The number of hydrogen-bond acceptors (Lipinski definition) is 3. The summed E-state index contributed by atoms with van der Waals surface area (Å²) >= 11 is 1.82. The summed E-state index contributed by atoms with van der Waals surface area (Å²) in [7, 11) is 1.85. The fourth-order valence-electron chi connectivity index (χ4n) is 2.05. The number of rotatable bonds is 4. The molecule has 0 aliphatic carbocycles. The van der Waals surface area contributed by atoms with Gasteiger partial charge in [-0.2, -0.15) is 0 Å². The Labute approximate surface area is 100 Å². The molecule has 1 N–H and O–H groups in total. The first-order valence-electron chi connectivity index (χ1n) is 5.78. The molecular formula is C12H18N2OS. The third-order valence-electron chi connectivity index (χ3n) is 3.06. The molecule has 0 bridgehead atoms. The molecule has 1 aliphatic heterocycles. The maximum Gasteiger partial charge on any atom is 0.240 e. The first-order chi connectivity index (χ1) is 7.74. The van der Waals surface area contributed by atoms with Gasteiger partial charge in [0.1, 0.15) is 0 Å². The predicted molar refractivity (Wildman–Crippen MR) is 66.6 cm³/mol. The van der Waals surface area contributed by atoms with Gasteiger partial charge in [-0.25, -0.2) is 0 Å². The Balaban J connectivity index is 1.98. The normalized spacial score (nSPS) is 20.8. The standard InChI is InChI=1S/C12H18N2OS/c1-3-9-4-5-10(16-9)8-14-7-6-11(13-2)12(14)15/h4-5,11,13H,3,6-8H2,1-2H3. The average molecular weight is 238 g/mol. The maximum absolute atomic E-state index is 11.9. The van der Waals surface area contributed by atoms with E-state index in [1.165, 1.54) is 9.75 Å². The Morgan fingerprint density at radius 3 is 2.81 bits per heavy atom. The zero-order chi connectivity index (χ0) is 11.5. The zero-order valence-electron chi connectivity index (χ0n) is 9.82. The second kappa shape index (κ2) is 4.97. The summed E-state index contributed by atoms with van der Waals surface area (Å²) in [5.41, 5.74) is 0. The summed E-state index contributed by atoms with van der Waals surface area (Å²) < 4.78 is 0. The number of nitrogens with one attached hydrogen (secondary N) is 1. The topological polar surface area (TPSA) is 32.3 Å². The van der Waals surface area contributed by atoms with Gasteiger partial charge in [0.2, 0.25) is 5.91 Å². The van der Waals surface area contributed by atoms with Gasteiger partial charge in [0.25, 0.3) is 0 Å². The molecule has 0 spiro atoms. The summed E-state index contributed by atoms with van der Waals surface area (Å²) in [6.45, 7) is 3.82. The van der Waals surface area contributed by atoms with Crippen molar-refractivity contribution in [3.8, 4) is 0 Å². The van der Waals surface area contributed by atoms with Crippen LogP contribution in [-0.2, 0) is 17.8 Å². The fraction of sp³-hybridized carbons (Fsp3) is 0.583. The van der Waals surface area contributed by atoms with Crippen molar-refractivity contribution in [1.29, 1.82) is 0 Å². The zero-order valence-corrected chi connectivity index (χ0v) is 10.6. The van der Waals surface area contributed by atoms with Crippen LogP contribution in [0.5, 0.6) is 0 Å². The molecule has 2 heterocycles. The van der Waals surface area contributed by atoms with Gasteiger partial charge in [-0.1, -0.05) is 6.92 Å². The highest BCUT2D eigenvalue weighted by Crippen LogP contribution is 2.21. The van der Waals surface area contributed by atoms with E-state index in [0.717, 1.165) is 25.9 Å². The van der Waals surface area contributed by atoms with E-state index >= 15 is 0 Å². The Morgan fingerprint density at radius 2 is 2.25 bits per heavy atom. The highest BCUT2D eigenvalue weighted by atomic mass is 32.1. The van der Waals surface area contributed by atoms with Gasteiger partial charge in [0, 0.05) is 16.3 Å².